The molecule has 8 N–H and O–H groups in total. The van der Waals surface area contributed by atoms with Crippen molar-refractivity contribution in [3.05, 3.63) is 252 Å². The van der Waals surface area contributed by atoms with Gasteiger partial charge in [0.25, 0.3) is 0 Å². The average Bonchev–Trinajstić information content (AvgIpc) is 0.792. The number of halogens is 1. The summed E-state index contributed by atoms with van der Waals surface area (Å²) in [5, 5.41) is 38.4. The topological polar surface area (TPSA) is 325 Å². The van der Waals surface area contributed by atoms with Gasteiger partial charge in [-0.25, -0.2) is 24.4 Å². The van der Waals surface area contributed by atoms with Crippen LogP contribution in [0.1, 0.15) is 131 Å². The fourth-order valence-corrected chi connectivity index (χ4v) is 12.5. The number of phenolic OH excluding ortho intramolecular Hbond substituents is 2. The number of ketones is 1. The Labute approximate surface area is 700 Å². The molecule has 10 rings (SSSR count). The van der Waals surface area contributed by atoms with Crippen LogP contribution in [-0.2, 0) is 60.6 Å². The Bertz CT molecular complexity index is 4870. The average molecular weight is 1800 g/mol. The number of ether oxygens (including phenoxy) is 4. The summed E-state index contributed by atoms with van der Waals surface area (Å²) in [6.07, 6.45) is 3.38. The molecule has 0 aliphatic heterocycles. The van der Waals surface area contributed by atoms with Gasteiger partial charge in [-0.2, -0.15) is 0 Å². The molecule has 0 aliphatic carbocycles. The molecule has 2 heterocycles. The van der Waals surface area contributed by atoms with Crippen LogP contribution in [0.5, 0.6) is 11.5 Å². The first-order valence-corrected chi connectivity index (χ1v) is 37.1. The van der Waals surface area contributed by atoms with Crippen LogP contribution in [0.4, 0.5) is 21.2 Å². The molecule has 4 atom stereocenters. The Kier molecular flexibility index (Phi) is 35.7. The SMILES string of the molecule is COC(=O)CC(Cl)c1ccc(-c2ccc(O)c3ccccc23)cc1.COC(=O)C[C@H](CC(=O)[C@H](Cc1ccccc1)NC(=O)CCCN(C(=O)OC(C)(C)C)c1cc(C)ccn1)c1ccc(-c2ccc(O)c3ccccc23)cc1.Cc1ccnc(N(CCCC(=O)N[C@@H](Cc2ccccc2)C(=O)O)C(=O)OC(C)(C)C)c1.N.[3H][B][3H].[U]. The summed E-state index contributed by atoms with van der Waals surface area (Å²) in [5.74, 6) is -2.01. The summed E-state index contributed by atoms with van der Waals surface area (Å²) in [5.41, 5.74) is 7.72. The monoisotopic (exact) mass is 1800 g/mol. The molecule has 0 saturated heterocycles. The molecule has 0 aliphatic rings. The number of carbonyl (C=O) groups is 8. The molecular formula is C89H102BClN7O15U. The summed E-state index contributed by atoms with van der Waals surface area (Å²) >= 11 is 6.26. The first-order valence-electron chi connectivity index (χ1n) is 37.8. The number of hydrogen-bond acceptors (Lipinski definition) is 17. The minimum absolute atomic E-state index is 0. The van der Waals surface area contributed by atoms with Crippen molar-refractivity contribution in [1.82, 2.24) is 26.8 Å². The summed E-state index contributed by atoms with van der Waals surface area (Å²) in [6, 6.07) is 61.8. The first-order chi connectivity index (χ1) is 54.4. The largest absolute Gasteiger partial charge is 0.507 e. The van der Waals surface area contributed by atoms with Gasteiger partial charge >= 0.3 is 30.1 Å². The van der Waals surface area contributed by atoms with Gasteiger partial charge < -0.3 is 51.1 Å². The van der Waals surface area contributed by atoms with Gasteiger partial charge in [0.2, 0.25) is 11.8 Å². The Morgan fingerprint density at radius 1 is 0.509 bits per heavy atom. The number of aromatic nitrogens is 2. The van der Waals surface area contributed by atoms with E-state index in [1.807, 2.05) is 196 Å². The summed E-state index contributed by atoms with van der Waals surface area (Å²) < 4.78 is 32.3. The minimum Gasteiger partial charge on any atom is -0.507 e. The number of fused-ring (bicyclic) bond motifs is 2. The maximum absolute atomic E-state index is 14.2. The van der Waals surface area contributed by atoms with Crippen LogP contribution in [0, 0.1) is 45.0 Å². The molecule has 25 heteroatoms. The molecular weight excluding hydrogens is 1690 g/mol. The summed E-state index contributed by atoms with van der Waals surface area (Å²) in [4.78, 5) is 113. The number of phenols is 2. The Hall–Kier alpha value is -10.9. The third kappa shape index (κ3) is 28.9. The van der Waals surface area contributed by atoms with Crippen molar-refractivity contribution in [1.29, 1.82) is 2.67 Å². The first kappa shape index (κ1) is 90.3. The van der Waals surface area contributed by atoms with Gasteiger partial charge in [0.05, 0.1) is 46.8 Å². The number of rotatable bonds is 28. The van der Waals surface area contributed by atoms with Gasteiger partial charge in [0.15, 0.2) is 5.78 Å². The van der Waals surface area contributed by atoms with Crippen molar-refractivity contribution in [2.45, 2.75) is 148 Å². The van der Waals surface area contributed by atoms with Gasteiger partial charge in [-0.15, -0.1) is 11.6 Å². The standard InChI is InChI=1S/C45H49N3O7.C24H31N3O5.C20H17ClO3.BH2.H3N.U/c1-30-23-24-46-41(26-30)48(44(53)55-45(2,3)4)25-11-16-42(51)47-38(27-31-12-7-6-8-13-31)40(50)28-34(29-43(52)54-5)32-17-19-33(20-18-32)35-21-22-39(49)37-15-10-9-14-36(35)37;1-17-12-13-25-20(15-17)27(23(31)32-24(2,3)4)14-8-11-21(28)26-19(22(29)30)16-18-9-6-5-7-10-18;1-24-20(23)12-18(21)14-8-6-13(7-9-14)15-10-11-19(22)17-5-3-2-4-16(15)17;;;/h6-10,12-15,17-24,26,34,38,49H,11,16,25,27-29H2,1-5H3,(H,47,51);5-7,9-10,12-13,15,19H,8,11,14,16H2,1-4H3,(H,26,28)(H,29,30);2-11,18,22H,12H2,1H3;1H2;1H3;/t34-,38-;19-;;;;/m00..../s1/i;;;1T2;;. The number of carboxylic acid groups (broad SMARTS) is 1. The number of aromatic hydroxyl groups is 2. The predicted molar refractivity (Wildman–Crippen MR) is 445 cm³/mol. The number of carbonyl (C=O) groups excluding carboxylic acids is 7. The normalized spacial score (nSPS) is 12.0. The molecule has 10 aromatic rings. The summed E-state index contributed by atoms with van der Waals surface area (Å²) in [6.45, 7) is 14.9. The van der Waals surface area contributed by atoms with Crippen LogP contribution in [0.2, 0.25) is 0 Å². The van der Waals surface area contributed by atoms with E-state index in [9.17, 15) is 53.7 Å². The van der Waals surface area contributed by atoms with Crippen molar-refractivity contribution in [2.24, 2.45) is 0 Å². The van der Waals surface area contributed by atoms with Gasteiger partial charge in [-0.3, -0.25) is 33.8 Å². The zero-order valence-corrected chi connectivity index (χ0v) is 71.0. The van der Waals surface area contributed by atoms with E-state index in [1.54, 1.807) is 78.2 Å². The number of aliphatic carboxylic acids is 1. The van der Waals surface area contributed by atoms with E-state index < -0.39 is 64.6 Å². The number of carboxylic acids is 1. The molecule has 597 valence electrons. The number of hydrogen-bond donors (Lipinski definition) is 6. The molecule has 0 saturated carbocycles. The van der Waals surface area contributed by atoms with Gasteiger partial charge in [-0.1, -0.05) is 170 Å². The Balaban J connectivity index is 0.000000332. The van der Waals surface area contributed by atoms with Crippen molar-refractivity contribution in [3.8, 4) is 33.8 Å². The number of alkyl halides is 1. The molecule has 0 fully saturated rings. The van der Waals surface area contributed by atoms with Crippen LogP contribution in [-0.4, -0.2) is 135 Å². The molecule has 1 unspecified atom stereocenters. The van der Waals surface area contributed by atoms with Gasteiger partial charge in [0, 0.05) is 99.0 Å². The molecule has 2 aromatic heterocycles. The number of methoxy groups -OCH3 is 2. The number of esters is 2. The number of amides is 4. The van der Waals surface area contributed by atoms with Crippen molar-refractivity contribution < 1.29 is 104 Å². The minimum atomic E-state index is -1.10. The molecule has 0 spiro atoms. The number of aryl methyl sites for hydroxylation is 2. The van der Waals surface area contributed by atoms with E-state index in [0.29, 0.717) is 32.8 Å². The van der Waals surface area contributed by atoms with Crippen LogP contribution in [0.3, 0.4) is 0 Å². The quantitative estimate of drug-likeness (QED) is 0.0115. The van der Waals surface area contributed by atoms with Crippen molar-refractivity contribution >= 4 is 101 Å². The van der Waals surface area contributed by atoms with Crippen molar-refractivity contribution in [2.75, 3.05) is 37.1 Å². The zero-order valence-electron chi connectivity index (χ0n) is 68.1. The second kappa shape index (κ2) is 45.1. The third-order valence-electron chi connectivity index (χ3n) is 17.8. The predicted octanol–water partition coefficient (Wildman–Crippen LogP) is 16.5. The molecule has 114 heavy (non-hydrogen) atoms. The Morgan fingerprint density at radius 2 is 0.886 bits per heavy atom. The molecule has 8 aromatic carbocycles. The number of pyridine rings is 2. The van der Waals surface area contributed by atoms with E-state index in [2.05, 4.69) is 25.3 Å². The van der Waals surface area contributed by atoms with Gasteiger partial charge in [0.1, 0.15) is 40.4 Å². The van der Waals surface area contributed by atoms with E-state index in [-0.39, 0.29) is 124 Å². The molecule has 1 radical (unpaired) electrons. The third-order valence-corrected chi connectivity index (χ3v) is 18.2. The molecule has 22 nitrogen and oxygen atoms in total. The maximum atomic E-state index is 14.2. The number of nitrogens with zero attached hydrogens (tertiary/aromatic N) is 4. The fourth-order valence-electron chi connectivity index (χ4n) is 12.2. The second-order valence-corrected chi connectivity index (χ2v) is 29.3. The van der Waals surface area contributed by atoms with E-state index >= 15 is 0 Å². The number of anilines is 2. The summed E-state index contributed by atoms with van der Waals surface area (Å²) in [7, 11) is 3.17. The molecule has 0 bridgehead atoms. The fraction of sp³-hybridized carbons (Fsp3) is 0.303. The number of Topliss-reactive ketones (excluding diaryl/α,β-unsaturated/α-hetero) is 1. The Morgan fingerprint density at radius 3 is 1.28 bits per heavy atom. The van der Waals surface area contributed by atoms with E-state index in [1.165, 1.54) is 24.0 Å². The van der Waals surface area contributed by atoms with Crippen molar-refractivity contribution in [3.63, 3.8) is 0 Å². The molecule has 4 amide bonds. The second-order valence-electron chi connectivity index (χ2n) is 28.8. The van der Waals surface area contributed by atoms with Crippen LogP contribution >= 0.6 is 11.6 Å². The van der Waals surface area contributed by atoms with Gasteiger partial charge in [-0.05, 0) is 180 Å². The number of benzene rings is 8. The van der Waals surface area contributed by atoms with E-state index in [4.69, 9.17) is 28.5 Å². The van der Waals surface area contributed by atoms with E-state index in [0.717, 1.165) is 77.2 Å². The van der Waals surface area contributed by atoms with Crippen LogP contribution in [0.15, 0.2) is 219 Å². The zero-order chi connectivity index (χ0) is 83.1. The number of nitrogens with one attached hydrogen (secondary N) is 2. The smallest absolute Gasteiger partial charge is 0.416 e. The van der Waals surface area contributed by atoms with Crippen LogP contribution < -0.4 is 26.6 Å². The maximum Gasteiger partial charge on any atom is 0.416 e. The van der Waals surface area contributed by atoms with Crippen LogP contribution in [0.25, 0.3) is 43.8 Å².